The number of thiazole rings is 1. The van der Waals surface area contributed by atoms with Crippen molar-refractivity contribution in [3.8, 4) is 10.6 Å². The van der Waals surface area contributed by atoms with Crippen LogP contribution in [0.2, 0.25) is 0 Å². The first-order valence-corrected chi connectivity index (χ1v) is 11.4. The van der Waals surface area contributed by atoms with Crippen molar-refractivity contribution in [3.05, 3.63) is 48.0 Å². The molecule has 0 aliphatic carbocycles. The summed E-state index contributed by atoms with van der Waals surface area (Å²) in [6.07, 6.45) is 1.10. The van der Waals surface area contributed by atoms with Gasteiger partial charge in [0.05, 0.1) is 24.3 Å². The average molecular weight is 444 g/mol. The van der Waals surface area contributed by atoms with Crippen LogP contribution in [-0.2, 0) is 14.8 Å². The van der Waals surface area contributed by atoms with Crippen LogP contribution in [0.4, 0.5) is 10.5 Å². The topological polar surface area (TPSA) is 99.4 Å². The van der Waals surface area contributed by atoms with Gasteiger partial charge in [-0.05, 0) is 48.9 Å². The molecule has 1 unspecified atom stereocenters. The molecule has 0 saturated heterocycles. The molecule has 30 heavy (non-hydrogen) atoms. The molecule has 2 aromatic carbocycles. The van der Waals surface area contributed by atoms with Crippen LogP contribution in [0.15, 0.2) is 42.5 Å². The van der Waals surface area contributed by atoms with Gasteiger partial charge in [-0.3, -0.25) is 4.72 Å². The molecule has 154 valence electrons. The number of nitrogens with zero attached hydrogens (tertiary/aromatic N) is 3. The van der Waals surface area contributed by atoms with Crippen molar-refractivity contribution < 1.29 is 22.6 Å². The molecule has 0 bridgehead atoms. The van der Waals surface area contributed by atoms with E-state index in [-0.39, 0.29) is 0 Å². The lowest BCUT2D eigenvalue weighted by Crippen LogP contribution is -2.54. The largest absolute Gasteiger partial charge is 0.500 e. The maximum absolute atomic E-state index is 12.7. The fraction of sp³-hybridized carbons (Fsp3) is 0.200. The zero-order valence-corrected chi connectivity index (χ0v) is 18.1. The lowest BCUT2D eigenvalue weighted by molar-refractivity contribution is -0.399. The van der Waals surface area contributed by atoms with E-state index in [1.165, 1.54) is 14.1 Å². The summed E-state index contributed by atoms with van der Waals surface area (Å²) < 4.78 is 30.1. The third-order valence-corrected chi connectivity index (χ3v) is 7.37. The molecule has 0 radical (unpaired) electrons. The first kappa shape index (κ1) is 20.2. The number of rotatable bonds is 4. The fourth-order valence-corrected chi connectivity index (χ4v) is 5.56. The average Bonchev–Trinajstić information content (AvgIpc) is 3.12. The number of aryl methyl sites for hydroxylation is 1. The lowest BCUT2D eigenvalue weighted by atomic mass is 10.2. The summed E-state index contributed by atoms with van der Waals surface area (Å²) in [4.78, 5) is 29.5. The molecule has 0 fully saturated rings. The maximum atomic E-state index is 12.7. The third kappa shape index (κ3) is 3.59. The Hall–Kier alpha value is -3.11. The molecule has 1 aromatic heterocycles. The van der Waals surface area contributed by atoms with Crippen LogP contribution < -0.4 is 4.72 Å². The molecular weight excluding hydrogens is 424 g/mol. The van der Waals surface area contributed by atoms with Gasteiger partial charge in [-0.1, -0.05) is 6.07 Å². The second kappa shape index (κ2) is 7.29. The first-order valence-electron chi connectivity index (χ1n) is 9.04. The first-order chi connectivity index (χ1) is 14.2. The summed E-state index contributed by atoms with van der Waals surface area (Å²) >= 11 is 1.56. The van der Waals surface area contributed by atoms with Gasteiger partial charge < -0.3 is 0 Å². The number of benzene rings is 2. The highest BCUT2D eigenvalue weighted by atomic mass is 32.2. The van der Waals surface area contributed by atoms with Gasteiger partial charge in [0.15, 0.2) is 0 Å². The number of hydrogen-bond acceptors (Lipinski definition) is 6. The number of sulfonamides is 1. The van der Waals surface area contributed by atoms with E-state index in [0.717, 1.165) is 42.0 Å². The number of imide groups is 1. The predicted molar refractivity (Wildman–Crippen MR) is 117 cm³/mol. The van der Waals surface area contributed by atoms with E-state index in [0.29, 0.717) is 5.69 Å². The van der Waals surface area contributed by atoms with Gasteiger partial charge in [0, 0.05) is 11.3 Å². The fourth-order valence-electron chi connectivity index (χ4n) is 3.13. The molecule has 1 aliphatic heterocycles. The predicted octanol–water partition coefficient (Wildman–Crippen LogP) is 2.69. The van der Waals surface area contributed by atoms with Crippen molar-refractivity contribution in [3.63, 3.8) is 0 Å². The van der Waals surface area contributed by atoms with Crippen molar-refractivity contribution in [2.75, 3.05) is 18.8 Å². The van der Waals surface area contributed by atoms with Gasteiger partial charge in [-0.2, -0.15) is 9.69 Å². The number of anilines is 1. The molecule has 10 heteroatoms. The Morgan fingerprint density at radius 3 is 2.53 bits per heavy atom. The Morgan fingerprint density at radius 1 is 1.13 bits per heavy atom. The highest BCUT2D eigenvalue weighted by Gasteiger charge is 2.46. The smallest absolute Gasteiger partial charge is 0.282 e. The zero-order valence-electron chi connectivity index (χ0n) is 16.5. The van der Waals surface area contributed by atoms with Gasteiger partial charge in [0.2, 0.25) is 5.25 Å². The Kier molecular flexibility index (Phi) is 4.91. The van der Waals surface area contributed by atoms with E-state index in [1.807, 2.05) is 19.1 Å². The van der Waals surface area contributed by atoms with Gasteiger partial charge in [0.1, 0.15) is 11.2 Å². The molecule has 0 spiro atoms. The highest BCUT2D eigenvalue weighted by molar-refractivity contribution is 7.94. The number of carbonyl (C=O) groups is 2. The summed E-state index contributed by atoms with van der Waals surface area (Å²) in [6, 6.07) is 12.3. The minimum atomic E-state index is -4.08. The summed E-state index contributed by atoms with van der Waals surface area (Å²) in [5.41, 5.74) is 3.26. The number of nitrogens with one attached hydrogen (secondary N) is 1. The Balaban J connectivity index is 1.58. The number of hydrogen-bond donors (Lipinski definition) is 1. The van der Waals surface area contributed by atoms with Crippen LogP contribution in [0.1, 0.15) is 5.56 Å². The molecule has 3 amide bonds. The van der Waals surface area contributed by atoms with Crippen LogP contribution in [0.25, 0.3) is 20.8 Å². The highest BCUT2D eigenvalue weighted by Crippen LogP contribution is 2.31. The SMILES string of the molecule is Cc1ccc2nc(-c3ccc(NS(=O)(=O)C4C=[N+](C)C(=O)N(C)C4=O)cc3)sc2c1. The van der Waals surface area contributed by atoms with E-state index in [4.69, 9.17) is 0 Å². The standard InChI is InChI=1S/C20H19N4O4S2/c1-12-4-9-15-16(10-12)29-18(21-15)13-5-7-14(8-6-13)22-30(27,28)17-11-23(2)20(26)24(3)19(17)25/h4-11,17,22H,1-3H3/q+1. The molecule has 1 N–H and O–H groups in total. The molecule has 1 atom stereocenters. The van der Waals surface area contributed by atoms with E-state index in [1.54, 1.807) is 35.6 Å². The summed E-state index contributed by atoms with van der Waals surface area (Å²) in [5.74, 6) is -0.799. The minimum Gasteiger partial charge on any atom is -0.282 e. The monoisotopic (exact) mass is 443 g/mol. The molecule has 2 heterocycles. The van der Waals surface area contributed by atoms with Crippen molar-refractivity contribution in [1.82, 2.24) is 9.88 Å². The Bertz CT molecular complexity index is 1310. The molecule has 3 aromatic rings. The molecule has 1 aliphatic rings. The van der Waals surface area contributed by atoms with Crippen molar-refractivity contribution in [2.24, 2.45) is 0 Å². The van der Waals surface area contributed by atoms with Gasteiger partial charge >= 0.3 is 11.9 Å². The quantitative estimate of drug-likeness (QED) is 0.625. The van der Waals surface area contributed by atoms with Gasteiger partial charge in [0.25, 0.3) is 10.0 Å². The summed E-state index contributed by atoms with van der Waals surface area (Å²) in [7, 11) is -1.42. The van der Waals surface area contributed by atoms with Crippen LogP contribution in [0.3, 0.4) is 0 Å². The zero-order chi connectivity index (χ0) is 21.6. The van der Waals surface area contributed by atoms with Crippen molar-refractivity contribution >= 4 is 55.4 Å². The van der Waals surface area contributed by atoms with Crippen LogP contribution in [-0.4, -0.2) is 60.4 Å². The van der Waals surface area contributed by atoms with Gasteiger partial charge in [-0.15, -0.1) is 11.3 Å². The summed E-state index contributed by atoms with van der Waals surface area (Å²) in [6.45, 7) is 2.03. The maximum Gasteiger partial charge on any atom is 0.500 e. The van der Waals surface area contributed by atoms with Gasteiger partial charge in [-0.25, -0.2) is 22.8 Å². The molecule has 8 nitrogen and oxygen atoms in total. The molecule has 0 saturated carbocycles. The van der Waals surface area contributed by atoms with Crippen LogP contribution in [0.5, 0.6) is 0 Å². The minimum absolute atomic E-state index is 0.319. The van der Waals surface area contributed by atoms with Crippen LogP contribution >= 0.6 is 11.3 Å². The normalized spacial score (nSPS) is 17.4. The van der Waals surface area contributed by atoms with E-state index < -0.39 is 27.2 Å². The number of amides is 3. The van der Waals surface area contributed by atoms with Crippen molar-refractivity contribution in [1.29, 1.82) is 0 Å². The lowest BCUT2D eigenvalue weighted by Gasteiger charge is -2.20. The summed E-state index contributed by atoms with van der Waals surface area (Å²) in [5, 5.41) is -0.653. The van der Waals surface area contributed by atoms with E-state index in [2.05, 4.69) is 15.8 Å². The molecular formula is C20H19N4O4S2+. The van der Waals surface area contributed by atoms with E-state index >= 15 is 0 Å². The molecule has 4 rings (SSSR count). The van der Waals surface area contributed by atoms with Crippen LogP contribution in [0, 0.1) is 6.92 Å². The Morgan fingerprint density at radius 2 is 1.83 bits per heavy atom. The Labute approximate surface area is 177 Å². The number of fused-ring (bicyclic) bond motifs is 1. The second-order valence-corrected chi connectivity index (χ2v) is 9.91. The number of urea groups is 1. The second-order valence-electron chi connectivity index (χ2n) is 7.08. The van der Waals surface area contributed by atoms with Crippen molar-refractivity contribution in [2.45, 2.75) is 12.2 Å². The number of carbonyl (C=O) groups excluding carboxylic acids is 2. The third-order valence-electron chi connectivity index (χ3n) is 4.79. The van der Waals surface area contributed by atoms with E-state index in [9.17, 15) is 18.0 Å². The number of aromatic nitrogens is 1.